The lowest BCUT2D eigenvalue weighted by molar-refractivity contribution is -0.123. The van der Waals surface area contributed by atoms with Crippen molar-refractivity contribution >= 4 is 5.91 Å². The zero-order valence-corrected chi connectivity index (χ0v) is 12.8. The quantitative estimate of drug-likeness (QED) is 0.834. The lowest BCUT2D eigenvalue weighted by Crippen LogP contribution is -2.48. The average Bonchev–Trinajstić information content (AvgIpc) is 2.64. The van der Waals surface area contributed by atoms with Crippen LogP contribution in [0.25, 0.3) is 0 Å². The van der Waals surface area contributed by atoms with Gasteiger partial charge in [-0.05, 0) is 30.9 Å². The molecule has 4 nitrogen and oxygen atoms in total. The van der Waals surface area contributed by atoms with Gasteiger partial charge in [0.25, 0.3) is 0 Å². The summed E-state index contributed by atoms with van der Waals surface area (Å²) in [5, 5.41) is 13.3. The molecule has 1 aromatic rings. The Morgan fingerprint density at radius 1 is 1.33 bits per heavy atom. The zero-order chi connectivity index (χ0) is 15.2. The highest BCUT2D eigenvalue weighted by Crippen LogP contribution is 2.21. The lowest BCUT2D eigenvalue weighted by Gasteiger charge is -2.27. The molecule has 1 fully saturated rings. The van der Waals surface area contributed by atoms with Gasteiger partial charge in [0.15, 0.2) is 0 Å². The van der Waals surface area contributed by atoms with Crippen LogP contribution in [0.1, 0.15) is 36.8 Å². The Balaban J connectivity index is 1.96. The summed E-state index contributed by atoms with van der Waals surface area (Å²) in [6.45, 7) is 2.00. The molecule has 0 bridgehead atoms. The van der Waals surface area contributed by atoms with Gasteiger partial charge in [-0.1, -0.05) is 37.1 Å². The summed E-state index contributed by atoms with van der Waals surface area (Å²) in [5.41, 5.74) is 2.14. The summed E-state index contributed by atoms with van der Waals surface area (Å²) in [6.07, 6.45) is 3.23. The summed E-state index contributed by atoms with van der Waals surface area (Å²) < 4.78 is 5.33. The number of aliphatic hydroxyl groups excluding tert-OH is 1. The van der Waals surface area contributed by atoms with Crippen LogP contribution in [-0.2, 0) is 16.0 Å². The van der Waals surface area contributed by atoms with Gasteiger partial charge in [0.1, 0.15) is 6.10 Å². The highest BCUT2D eigenvalue weighted by atomic mass is 16.5. The van der Waals surface area contributed by atoms with Gasteiger partial charge < -0.3 is 15.2 Å². The van der Waals surface area contributed by atoms with Crippen LogP contribution in [0.2, 0.25) is 0 Å². The van der Waals surface area contributed by atoms with E-state index in [1.54, 1.807) is 7.11 Å². The van der Waals surface area contributed by atoms with E-state index in [0.717, 1.165) is 36.8 Å². The van der Waals surface area contributed by atoms with Crippen molar-refractivity contribution in [2.45, 2.75) is 57.3 Å². The molecule has 1 amide bonds. The summed E-state index contributed by atoms with van der Waals surface area (Å²) >= 11 is 0. The standard InChI is InChI=1S/C17H25NO3/c1-12-7-3-4-8-13(12)11-16(19)18-14-9-5-6-10-15(21-2)17(14)20/h3-4,7-8,14-15,17,20H,5-6,9-11H2,1-2H3,(H,18,19)/t14-,15-,17-/m1/s1. The normalized spacial score (nSPS) is 26.1. The Kier molecular flexibility index (Phi) is 5.76. The van der Waals surface area contributed by atoms with E-state index in [1.165, 1.54) is 0 Å². The van der Waals surface area contributed by atoms with Crippen LogP contribution in [0.3, 0.4) is 0 Å². The number of aliphatic hydroxyl groups is 1. The van der Waals surface area contributed by atoms with Crippen LogP contribution in [0.4, 0.5) is 0 Å². The van der Waals surface area contributed by atoms with E-state index in [0.29, 0.717) is 6.42 Å². The molecule has 1 aromatic carbocycles. The van der Waals surface area contributed by atoms with Gasteiger partial charge >= 0.3 is 0 Å². The monoisotopic (exact) mass is 291 g/mol. The molecule has 21 heavy (non-hydrogen) atoms. The first-order chi connectivity index (χ1) is 10.1. The minimum absolute atomic E-state index is 0.0369. The number of methoxy groups -OCH3 is 1. The highest BCUT2D eigenvalue weighted by molar-refractivity contribution is 5.79. The Morgan fingerprint density at radius 2 is 2.05 bits per heavy atom. The molecule has 0 radical (unpaired) electrons. The maximum atomic E-state index is 12.2. The van der Waals surface area contributed by atoms with Crippen LogP contribution in [0, 0.1) is 6.92 Å². The van der Waals surface area contributed by atoms with Crippen LogP contribution in [0.15, 0.2) is 24.3 Å². The van der Waals surface area contributed by atoms with Gasteiger partial charge in [-0.25, -0.2) is 0 Å². The number of hydrogen-bond donors (Lipinski definition) is 2. The number of benzene rings is 1. The fraction of sp³-hybridized carbons (Fsp3) is 0.588. The number of nitrogens with one attached hydrogen (secondary N) is 1. The Labute approximate surface area is 126 Å². The second-order valence-corrected chi connectivity index (χ2v) is 5.83. The largest absolute Gasteiger partial charge is 0.388 e. The van der Waals surface area contributed by atoms with Gasteiger partial charge in [-0.2, -0.15) is 0 Å². The maximum Gasteiger partial charge on any atom is 0.224 e. The number of hydrogen-bond acceptors (Lipinski definition) is 3. The van der Waals surface area contributed by atoms with Gasteiger partial charge in [-0.3, -0.25) is 4.79 Å². The fourth-order valence-corrected chi connectivity index (χ4v) is 2.96. The van der Waals surface area contributed by atoms with Crippen molar-refractivity contribution in [1.82, 2.24) is 5.32 Å². The van der Waals surface area contributed by atoms with Crippen LogP contribution >= 0.6 is 0 Å². The number of aryl methyl sites for hydroxylation is 1. The molecule has 2 rings (SSSR count). The van der Waals surface area contributed by atoms with Crippen molar-refractivity contribution in [2.24, 2.45) is 0 Å². The third-order valence-corrected chi connectivity index (χ3v) is 4.31. The molecule has 1 saturated carbocycles. The van der Waals surface area contributed by atoms with Crippen LogP contribution in [0.5, 0.6) is 0 Å². The van der Waals surface area contributed by atoms with E-state index in [4.69, 9.17) is 4.74 Å². The van der Waals surface area contributed by atoms with Crippen molar-refractivity contribution in [2.75, 3.05) is 7.11 Å². The predicted octanol–water partition coefficient (Wildman–Crippen LogP) is 1.97. The SMILES string of the molecule is CO[C@@H]1CCCC[C@@H](NC(=O)Cc2ccccc2C)[C@H]1O. The Bertz CT molecular complexity index is 475. The second kappa shape index (κ2) is 7.57. The third-order valence-electron chi connectivity index (χ3n) is 4.31. The first-order valence-corrected chi connectivity index (χ1v) is 7.66. The third kappa shape index (κ3) is 4.29. The molecule has 116 valence electrons. The van der Waals surface area contributed by atoms with Crippen molar-refractivity contribution < 1.29 is 14.6 Å². The van der Waals surface area contributed by atoms with Crippen LogP contribution in [-0.4, -0.2) is 36.4 Å². The Hall–Kier alpha value is -1.39. The van der Waals surface area contributed by atoms with E-state index < -0.39 is 6.10 Å². The van der Waals surface area contributed by atoms with E-state index in [-0.39, 0.29) is 18.1 Å². The van der Waals surface area contributed by atoms with E-state index >= 15 is 0 Å². The van der Waals surface area contributed by atoms with Crippen molar-refractivity contribution in [1.29, 1.82) is 0 Å². The van der Waals surface area contributed by atoms with Gasteiger partial charge in [0, 0.05) is 7.11 Å². The molecule has 0 saturated heterocycles. The highest BCUT2D eigenvalue weighted by Gasteiger charge is 2.31. The summed E-state index contributed by atoms with van der Waals surface area (Å²) in [5.74, 6) is -0.0369. The van der Waals surface area contributed by atoms with Gasteiger partial charge in [-0.15, -0.1) is 0 Å². The molecule has 0 spiro atoms. The molecule has 1 aliphatic carbocycles. The average molecular weight is 291 g/mol. The number of amides is 1. The minimum Gasteiger partial charge on any atom is -0.388 e. The van der Waals surface area contributed by atoms with Crippen molar-refractivity contribution in [3.8, 4) is 0 Å². The first kappa shape index (κ1) is 16.0. The smallest absolute Gasteiger partial charge is 0.224 e. The molecule has 4 heteroatoms. The molecular weight excluding hydrogens is 266 g/mol. The molecule has 0 aliphatic heterocycles. The summed E-state index contributed by atoms with van der Waals surface area (Å²) in [6, 6.07) is 7.67. The molecule has 1 aliphatic rings. The van der Waals surface area contributed by atoms with Crippen molar-refractivity contribution in [3.63, 3.8) is 0 Å². The molecular formula is C17H25NO3. The van der Waals surface area contributed by atoms with E-state index in [9.17, 15) is 9.90 Å². The van der Waals surface area contributed by atoms with Crippen LogP contribution < -0.4 is 5.32 Å². The number of rotatable bonds is 4. The number of carbonyl (C=O) groups excluding carboxylic acids is 1. The van der Waals surface area contributed by atoms with E-state index in [2.05, 4.69) is 5.32 Å². The lowest BCUT2D eigenvalue weighted by atomic mass is 10.0. The fourth-order valence-electron chi connectivity index (χ4n) is 2.96. The number of ether oxygens (including phenoxy) is 1. The minimum atomic E-state index is -0.627. The number of carbonyl (C=O) groups is 1. The van der Waals surface area contributed by atoms with Gasteiger partial charge in [0.2, 0.25) is 5.91 Å². The summed E-state index contributed by atoms with van der Waals surface area (Å²) in [7, 11) is 1.62. The molecule has 2 N–H and O–H groups in total. The molecule has 0 heterocycles. The Morgan fingerprint density at radius 3 is 2.76 bits per heavy atom. The van der Waals surface area contributed by atoms with E-state index in [1.807, 2.05) is 31.2 Å². The molecule has 3 atom stereocenters. The molecule has 0 unspecified atom stereocenters. The first-order valence-electron chi connectivity index (χ1n) is 7.66. The maximum absolute atomic E-state index is 12.2. The topological polar surface area (TPSA) is 58.6 Å². The van der Waals surface area contributed by atoms with Gasteiger partial charge in [0.05, 0.1) is 18.6 Å². The van der Waals surface area contributed by atoms with Crippen molar-refractivity contribution in [3.05, 3.63) is 35.4 Å². The summed E-state index contributed by atoms with van der Waals surface area (Å²) in [4.78, 5) is 12.2. The zero-order valence-electron chi connectivity index (χ0n) is 12.8. The predicted molar refractivity (Wildman–Crippen MR) is 82.1 cm³/mol. The molecule has 0 aromatic heterocycles. The second-order valence-electron chi connectivity index (χ2n) is 5.83.